The number of carbonyl (C=O) groups is 1. The van der Waals surface area contributed by atoms with Gasteiger partial charge in [-0.2, -0.15) is 18.3 Å². The Balaban J connectivity index is 2.06. The van der Waals surface area contributed by atoms with E-state index in [-0.39, 0.29) is 17.0 Å². The lowest BCUT2D eigenvalue weighted by atomic mass is 10.1. The third-order valence-electron chi connectivity index (χ3n) is 4.15. The summed E-state index contributed by atoms with van der Waals surface area (Å²) in [6.07, 6.45) is -3.01. The van der Waals surface area contributed by atoms with Crippen molar-refractivity contribution >= 4 is 11.6 Å². The first kappa shape index (κ1) is 19.7. The Kier molecular flexibility index (Phi) is 5.53. The molecule has 1 aromatic carbocycles. The molecule has 0 radical (unpaired) electrons. The van der Waals surface area contributed by atoms with E-state index >= 15 is 0 Å². The van der Waals surface area contributed by atoms with Gasteiger partial charge in [-0.25, -0.2) is 9.50 Å². The minimum atomic E-state index is -4.66. The van der Waals surface area contributed by atoms with Crippen LogP contribution in [0.1, 0.15) is 35.9 Å². The van der Waals surface area contributed by atoms with Crippen molar-refractivity contribution in [3.05, 3.63) is 47.8 Å². The number of nitrogens with one attached hydrogen (secondary N) is 1. The summed E-state index contributed by atoms with van der Waals surface area (Å²) in [5, 5.41) is 6.46. The van der Waals surface area contributed by atoms with E-state index in [9.17, 15) is 18.0 Å². The van der Waals surface area contributed by atoms with Crippen LogP contribution in [-0.4, -0.2) is 34.2 Å². The fourth-order valence-corrected chi connectivity index (χ4v) is 2.67. The predicted octanol–water partition coefficient (Wildman–Crippen LogP) is 3.95. The number of rotatable bonds is 6. The van der Waals surface area contributed by atoms with Crippen LogP contribution in [-0.2, 0) is 6.18 Å². The first-order chi connectivity index (χ1) is 13.3. The van der Waals surface area contributed by atoms with Gasteiger partial charge in [0.15, 0.2) is 17.0 Å². The van der Waals surface area contributed by atoms with Gasteiger partial charge >= 0.3 is 6.18 Å². The number of alkyl halides is 3. The zero-order chi connectivity index (χ0) is 20.3. The number of amides is 1. The molecule has 9 heteroatoms. The second kappa shape index (κ2) is 7.87. The third kappa shape index (κ3) is 4.08. The Hall–Kier alpha value is -3.10. The van der Waals surface area contributed by atoms with Gasteiger partial charge in [0.05, 0.1) is 12.8 Å². The van der Waals surface area contributed by atoms with Crippen molar-refractivity contribution in [1.29, 1.82) is 0 Å². The number of carbonyl (C=O) groups excluding carboxylic acids is 1. The Morgan fingerprint density at radius 2 is 1.93 bits per heavy atom. The molecule has 2 heterocycles. The number of benzene rings is 1. The first-order valence-corrected chi connectivity index (χ1v) is 8.74. The Bertz CT molecular complexity index is 981. The molecule has 0 aliphatic carbocycles. The first-order valence-electron chi connectivity index (χ1n) is 8.74. The lowest BCUT2D eigenvalue weighted by Gasteiger charge is -2.11. The van der Waals surface area contributed by atoms with E-state index in [1.807, 2.05) is 6.92 Å². The lowest BCUT2D eigenvalue weighted by molar-refractivity contribution is -0.142. The van der Waals surface area contributed by atoms with Crippen molar-refractivity contribution in [2.75, 3.05) is 13.7 Å². The van der Waals surface area contributed by atoms with E-state index in [0.29, 0.717) is 22.4 Å². The monoisotopic (exact) mass is 392 g/mol. The molecule has 0 spiro atoms. The molecular formula is C19H19F3N4O2. The molecule has 3 rings (SSSR count). The van der Waals surface area contributed by atoms with Crippen LogP contribution in [0, 0.1) is 0 Å². The Morgan fingerprint density at radius 3 is 2.54 bits per heavy atom. The zero-order valence-corrected chi connectivity index (χ0v) is 15.4. The fraction of sp³-hybridized carbons (Fsp3) is 0.316. The highest BCUT2D eigenvalue weighted by Crippen LogP contribution is 2.32. The van der Waals surface area contributed by atoms with Crippen LogP contribution >= 0.6 is 0 Å². The van der Waals surface area contributed by atoms with Gasteiger partial charge in [-0.05, 0) is 36.8 Å². The van der Waals surface area contributed by atoms with Gasteiger partial charge in [0.25, 0.3) is 5.91 Å². The van der Waals surface area contributed by atoms with Gasteiger partial charge < -0.3 is 10.1 Å². The number of halogens is 3. The Labute approximate surface area is 159 Å². The number of methoxy groups -OCH3 is 1. The molecule has 0 fully saturated rings. The van der Waals surface area contributed by atoms with Gasteiger partial charge in [0.1, 0.15) is 5.75 Å². The summed E-state index contributed by atoms with van der Waals surface area (Å²) in [4.78, 5) is 16.4. The van der Waals surface area contributed by atoms with Crippen molar-refractivity contribution in [3.63, 3.8) is 0 Å². The van der Waals surface area contributed by atoms with Crippen LogP contribution in [0.25, 0.3) is 16.9 Å². The molecule has 1 amide bonds. The van der Waals surface area contributed by atoms with E-state index in [0.717, 1.165) is 18.9 Å². The number of hydrogen-bond donors (Lipinski definition) is 1. The molecule has 0 atom stereocenters. The van der Waals surface area contributed by atoms with Crippen molar-refractivity contribution in [1.82, 2.24) is 19.9 Å². The number of ether oxygens (including phenoxy) is 1. The summed E-state index contributed by atoms with van der Waals surface area (Å²) in [6, 6.07) is 8.68. The highest BCUT2D eigenvalue weighted by molar-refractivity contribution is 5.93. The van der Waals surface area contributed by atoms with Gasteiger partial charge in [-0.3, -0.25) is 4.79 Å². The number of hydrogen-bond acceptors (Lipinski definition) is 4. The standard InChI is InChI=1S/C19H19F3N4O2/c1-3-4-9-23-18(27)15-11-17-24-14(12-5-7-13(28-2)8-6-12)10-16(19(20,21)22)26(17)25-15/h5-8,10-11H,3-4,9H2,1-2H3,(H,23,27). The van der Waals surface area contributed by atoms with E-state index in [1.165, 1.54) is 13.2 Å². The van der Waals surface area contributed by atoms with Crippen LogP contribution in [0.5, 0.6) is 5.75 Å². The van der Waals surface area contributed by atoms with Crippen LogP contribution in [0.2, 0.25) is 0 Å². The second-order valence-corrected chi connectivity index (χ2v) is 6.16. The van der Waals surface area contributed by atoms with Gasteiger partial charge in [-0.1, -0.05) is 13.3 Å². The number of aromatic nitrogens is 3. The molecule has 2 aromatic heterocycles. The highest BCUT2D eigenvalue weighted by atomic mass is 19.4. The van der Waals surface area contributed by atoms with E-state index in [4.69, 9.17) is 4.74 Å². The molecule has 0 aliphatic rings. The second-order valence-electron chi connectivity index (χ2n) is 6.16. The van der Waals surface area contributed by atoms with Crippen molar-refractivity contribution in [2.24, 2.45) is 0 Å². The van der Waals surface area contributed by atoms with Gasteiger partial charge in [-0.15, -0.1) is 0 Å². The van der Waals surface area contributed by atoms with Crippen LogP contribution < -0.4 is 10.1 Å². The maximum Gasteiger partial charge on any atom is 0.433 e. The molecule has 0 unspecified atom stereocenters. The van der Waals surface area contributed by atoms with E-state index in [1.54, 1.807) is 24.3 Å². The minimum absolute atomic E-state index is 0.0544. The van der Waals surface area contributed by atoms with Crippen LogP contribution in [0.15, 0.2) is 36.4 Å². The molecule has 0 saturated heterocycles. The maximum absolute atomic E-state index is 13.6. The van der Waals surface area contributed by atoms with Crippen LogP contribution in [0.3, 0.4) is 0 Å². The van der Waals surface area contributed by atoms with E-state index < -0.39 is 17.8 Å². The number of fused-ring (bicyclic) bond motifs is 1. The molecule has 6 nitrogen and oxygen atoms in total. The quantitative estimate of drug-likeness (QED) is 0.645. The highest BCUT2D eigenvalue weighted by Gasteiger charge is 2.35. The molecule has 0 bridgehead atoms. The van der Waals surface area contributed by atoms with Crippen LogP contribution in [0.4, 0.5) is 13.2 Å². The molecule has 0 aliphatic heterocycles. The SMILES string of the molecule is CCCCNC(=O)c1cc2nc(-c3ccc(OC)cc3)cc(C(F)(F)F)n2n1. The summed E-state index contributed by atoms with van der Waals surface area (Å²) in [5.74, 6) is 0.0503. The molecule has 0 saturated carbocycles. The third-order valence-corrected chi connectivity index (χ3v) is 4.15. The van der Waals surface area contributed by atoms with E-state index in [2.05, 4.69) is 15.4 Å². The summed E-state index contributed by atoms with van der Waals surface area (Å²) >= 11 is 0. The molecule has 28 heavy (non-hydrogen) atoms. The topological polar surface area (TPSA) is 68.5 Å². The molecule has 3 aromatic rings. The summed E-state index contributed by atoms with van der Waals surface area (Å²) in [6.45, 7) is 2.40. The summed E-state index contributed by atoms with van der Waals surface area (Å²) < 4.78 is 46.5. The average Bonchev–Trinajstić information content (AvgIpc) is 3.10. The number of nitrogens with zero attached hydrogens (tertiary/aromatic N) is 3. The van der Waals surface area contributed by atoms with Crippen molar-refractivity contribution in [2.45, 2.75) is 25.9 Å². The normalized spacial score (nSPS) is 11.6. The fourth-order valence-electron chi connectivity index (χ4n) is 2.67. The smallest absolute Gasteiger partial charge is 0.433 e. The molecule has 1 N–H and O–H groups in total. The largest absolute Gasteiger partial charge is 0.497 e. The molecular weight excluding hydrogens is 373 g/mol. The number of unbranched alkanes of at least 4 members (excludes halogenated alkanes) is 1. The van der Waals surface area contributed by atoms with Gasteiger partial charge in [0, 0.05) is 18.2 Å². The Morgan fingerprint density at radius 1 is 1.21 bits per heavy atom. The minimum Gasteiger partial charge on any atom is -0.497 e. The summed E-state index contributed by atoms with van der Waals surface area (Å²) in [5.41, 5.74) is -0.553. The lowest BCUT2D eigenvalue weighted by Crippen LogP contribution is -2.25. The molecule has 148 valence electrons. The van der Waals surface area contributed by atoms with Crippen molar-refractivity contribution in [3.8, 4) is 17.0 Å². The predicted molar refractivity (Wildman–Crippen MR) is 97.2 cm³/mol. The van der Waals surface area contributed by atoms with Crippen molar-refractivity contribution < 1.29 is 22.7 Å². The summed E-state index contributed by atoms with van der Waals surface area (Å²) in [7, 11) is 1.50. The maximum atomic E-state index is 13.6. The van der Waals surface area contributed by atoms with Gasteiger partial charge in [0.2, 0.25) is 0 Å². The average molecular weight is 392 g/mol. The zero-order valence-electron chi connectivity index (χ0n) is 15.4.